The molecule has 7 heavy (non-hydrogen) atoms. The number of hydrogen-bond acceptors (Lipinski definition) is 3. The van der Waals surface area contributed by atoms with E-state index in [9.17, 15) is 0 Å². The standard InChI is InChI=1S/C4H8N2O/c1-4(3-5)6-7-2/h4,6H,1-2H3. The molecule has 3 nitrogen and oxygen atoms in total. The maximum absolute atomic E-state index is 8.07. The number of hydroxylamine groups is 1. The van der Waals surface area contributed by atoms with Crippen LogP contribution in [-0.2, 0) is 4.84 Å². The average molecular weight is 100 g/mol. The summed E-state index contributed by atoms with van der Waals surface area (Å²) >= 11 is 0. The Morgan fingerprint density at radius 3 is 2.57 bits per heavy atom. The average Bonchev–Trinajstić information content (AvgIpc) is 1.68. The van der Waals surface area contributed by atoms with Crippen LogP contribution in [0.2, 0.25) is 0 Å². The molecule has 0 aliphatic heterocycles. The number of nitrogens with one attached hydrogen (secondary N) is 1. The molecule has 0 aliphatic rings. The molecular formula is C4H8N2O. The van der Waals surface area contributed by atoms with E-state index in [1.807, 2.05) is 6.07 Å². The second-order valence-corrected chi connectivity index (χ2v) is 1.17. The molecule has 1 atom stereocenters. The maximum atomic E-state index is 8.07. The SMILES string of the molecule is CONC(C)C#N. The van der Waals surface area contributed by atoms with E-state index >= 15 is 0 Å². The summed E-state index contributed by atoms with van der Waals surface area (Å²) in [6, 6.07) is 1.71. The summed E-state index contributed by atoms with van der Waals surface area (Å²) in [6.45, 7) is 1.71. The molecule has 0 saturated heterocycles. The first-order valence-corrected chi connectivity index (χ1v) is 1.99. The predicted molar refractivity (Wildman–Crippen MR) is 25.2 cm³/mol. The Kier molecular flexibility index (Phi) is 3.29. The van der Waals surface area contributed by atoms with Crippen LogP contribution in [0, 0.1) is 11.3 Å². The lowest BCUT2D eigenvalue weighted by atomic mass is 10.4. The molecule has 0 radical (unpaired) electrons. The summed E-state index contributed by atoms with van der Waals surface area (Å²) in [7, 11) is 1.48. The highest BCUT2D eigenvalue weighted by atomic mass is 16.6. The molecule has 0 aromatic carbocycles. The molecule has 3 heteroatoms. The summed E-state index contributed by atoms with van der Waals surface area (Å²) in [5.41, 5.74) is 2.43. The molecule has 0 aromatic heterocycles. The van der Waals surface area contributed by atoms with Gasteiger partial charge in [-0.3, -0.25) is 0 Å². The maximum Gasteiger partial charge on any atom is 0.116 e. The molecule has 0 heterocycles. The van der Waals surface area contributed by atoms with Crippen molar-refractivity contribution in [1.29, 1.82) is 5.26 Å². The van der Waals surface area contributed by atoms with Gasteiger partial charge in [-0.15, -0.1) is 0 Å². The van der Waals surface area contributed by atoms with E-state index in [-0.39, 0.29) is 6.04 Å². The minimum atomic E-state index is -0.218. The van der Waals surface area contributed by atoms with Crippen molar-refractivity contribution in [2.24, 2.45) is 0 Å². The quantitative estimate of drug-likeness (QED) is 0.499. The van der Waals surface area contributed by atoms with Gasteiger partial charge in [-0.05, 0) is 6.92 Å². The number of hydrogen-bond donors (Lipinski definition) is 1. The zero-order chi connectivity index (χ0) is 5.70. The Bertz CT molecular complexity index is 76.2. The van der Waals surface area contributed by atoms with E-state index in [1.165, 1.54) is 7.11 Å². The second-order valence-electron chi connectivity index (χ2n) is 1.17. The molecule has 0 aliphatic carbocycles. The Morgan fingerprint density at radius 2 is 2.43 bits per heavy atom. The molecule has 0 bridgehead atoms. The summed E-state index contributed by atoms with van der Waals surface area (Å²) in [5.74, 6) is 0. The molecule has 0 saturated carbocycles. The molecule has 0 rings (SSSR count). The summed E-state index contributed by atoms with van der Waals surface area (Å²) < 4.78 is 0. The highest BCUT2D eigenvalue weighted by Gasteiger charge is 1.91. The van der Waals surface area contributed by atoms with E-state index in [0.717, 1.165) is 0 Å². The van der Waals surface area contributed by atoms with Crippen LogP contribution in [0.1, 0.15) is 6.92 Å². The van der Waals surface area contributed by atoms with Gasteiger partial charge in [0, 0.05) is 0 Å². The van der Waals surface area contributed by atoms with E-state index in [1.54, 1.807) is 6.92 Å². The third kappa shape index (κ3) is 3.23. The Morgan fingerprint density at radius 1 is 1.86 bits per heavy atom. The van der Waals surface area contributed by atoms with Gasteiger partial charge >= 0.3 is 0 Å². The van der Waals surface area contributed by atoms with Crippen molar-refractivity contribution in [3.8, 4) is 6.07 Å². The number of nitriles is 1. The van der Waals surface area contributed by atoms with Gasteiger partial charge in [-0.25, -0.2) is 0 Å². The smallest absolute Gasteiger partial charge is 0.116 e. The van der Waals surface area contributed by atoms with E-state index in [4.69, 9.17) is 5.26 Å². The Hall–Kier alpha value is -0.590. The largest absolute Gasteiger partial charge is 0.304 e. The molecule has 0 spiro atoms. The molecule has 0 aromatic rings. The van der Waals surface area contributed by atoms with E-state index in [2.05, 4.69) is 10.3 Å². The van der Waals surface area contributed by atoms with Crippen LogP contribution in [0.25, 0.3) is 0 Å². The van der Waals surface area contributed by atoms with Gasteiger partial charge in [0.2, 0.25) is 0 Å². The van der Waals surface area contributed by atoms with E-state index in [0.29, 0.717) is 0 Å². The molecule has 0 fully saturated rings. The first-order chi connectivity index (χ1) is 3.31. The second kappa shape index (κ2) is 3.59. The lowest BCUT2D eigenvalue weighted by Crippen LogP contribution is -2.22. The van der Waals surface area contributed by atoms with Crippen LogP contribution in [0.4, 0.5) is 0 Å². The predicted octanol–water partition coefficient (Wildman–Crippen LogP) is 0.0495. The Balaban J connectivity index is 3.04. The monoisotopic (exact) mass is 100 g/mol. The van der Waals surface area contributed by atoms with Crippen LogP contribution >= 0.6 is 0 Å². The third-order valence-corrected chi connectivity index (χ3v) is 0.488. The molecule has 1 unspecified atom stereocenters. The lowest BCUT2D eigenvalue weighted by Gasteiger charge is -1.98. The topological polar surface area (TPSA) is 45.0 Å². The van der Waals surface area contributed by atoms with Crippen molar-refractivity contribution in [3.05, 3.63) is 0 Å². The minimum Gasteiger partial charge on any atom is -0.304 e. The summed E-state index contributed by atoms with van der Waals surface area (Å²) in [6.07, 6.45) is 0. The fraction of sp³-hybridized carbons (Fsp3) is 0.750. The Labute approximate surface area is 42.8 Å². The van der Waals surface area contributed by atoms with Crippen molar-refractivity contribution in [2.45, 2.75) is 13.0 Å². The molecule has 1 N–H and O–H groups in total. The van der Waals surface area contributed by atoms with Crippen molar-refractivity contribution in [3.63, 3.8) is 0 Å². The molecule has 0 amide bonds. The van der Waals surface area contributed by atoms with Gasteiger partial charge in [-0.2, -0.15) is 10.7 Å². The van der Waals surface area contributed by atoms with Gasteiger partial charge in [0.25, 0.3) is 0 Å². The van der Waals surface area contributed by atoms with Gasteiger partial charge in [0.05, 0.1) is 13.2 Å². The number of rotatable bonds is 2. The highest BCUT2D eigenvalue weighted by Crippen LogP contribution is 1.71. The molecular weight excluding hydrogens is 92.1 g/mol. The first-order valence-electron chi connectivity index (χ1n) is 1.99. The van der Waals surface area contributed by atoms with Crippen molar-refractivity contribution in [2.75, 3.05) is 7.11 Å². The normalized spacial score (nSPS) is 12.7. The molecule has 40 valence electrons. The van der Waals surface area contributed by atoms with Crippen LogP contribution < -0.4 is 5.48 Å². The van der Waals surface area contributed by atoms with Crippen LogP contribution in [0.3, 0.4) is 0 Å². The van der Waals surface area contributed by atoms with Crippen molar-refractivity contribution < 1.29 is 4.84 Å². The lowest BCUT2D eigenvalue weighted by molar-refractivity contribution is 0.0801. The van der Waals surface area contributed by atoms with Crippen molar-refractivity contribution in [1.82, 2.24) is 5.48 Å². The van der Waals surface area contributed by atoms with Crippen LogP contribution in [0.5, 0.6) is 0 Å². The third-order valence-electron chi connectivity index (χ3n) is 0.488. The van der Waals surface area contributed by atoms with Crippen molar-refractivity contribution >= 4 is 0 Å². The summed E-state index contributed by atoms with van der Waals surface area (Å²) in [4.78, 5) is 4.42. The van der Waals surface area contributed by atoms with Gasteiger partial charge < -0.3 is 4.84 Å². The number of nitrogens with zero attached hydrogens (tertiary/aromatic N) is 1. The van der Waals surface area contributed by atoms with Gasteiger partial charge in [-0.1, -0.05) is 0 Å². The fourth-order valence-corrected chi connectivity index (χ4v) is 0.203. The van der Waals surface area contributed by atoms with Crippen LogP contribution in [0.15, 0.2) is 0 Å². The van der Waals surface area contributed by atoms with Crippen LogP contribution in [-0.4, -0.2) is 13.2 Å². The van der Waals surface area contributed by atoms with Gasteiger partial charge in [0.1, 0.15) is 6.04 Å². The van der Waals surface area contributed by atoms with Gasteiger partial charge in [0.15, 0.2) is 0 Å². The first kappa shape index (κ1) is 6.41. The zero-order valence-corrected chi connectivity index (χ0v) is 4.43. The fourth-order valence-electron chi connectivity index (χ4n) is 0.203. The zero-order valence-electron chi connectivity index (χ0n) is 4.43. The minimum absolute atomic E-state index is 0.218. The highest BCUT2D eigenvalue weighted by molar-refractivity contribution is 4.82. The summed E-state index contributed by atoms with van der Waals surface area (Å²) in [5, 5.41) is 8.07. The van der Waals surface area contributed by atoms with E-state index < -0.39 is 0 Å².